The number of benzene rings is 2. The van der Waals surface area contributed by atoms with Crippen LogP contribution in [0.15, 0.2) is 53.7 Å². The zero-order valence-electron chi connectivity index (χ0n) is 14.4. The first-order valence-electron chi connectivity index (χ1n) is 8.11. The molecule has 1 aliphatic rings. The lowest BCUT2D eigenvalue weighted by Gasteiger charge is -2.21. The SMILES string of the molecule is COc1ccc(C2=NO[C@](CC(=O)Nc3ccccc3F)(C(=O)O)C2)cc1. The molecule has 0 fully saturated rings. The van der Waals surface area contributed by atoms with Crippen LogP contribution >= 0.6 is 0 Å². The van der Waals surface area contributed by atoms with Gasteiger partial charge in [-0.1, -0.05) is 17.3 Å². The molecule has 2 aromatic rings. The third-order valence-electron chi connectivity index (χ3n) is 4.19. The van der Waals surface area contributed by atoms with E-state index in [1.54, 1.807) is 30.3 Å². The topological polar surface area (TPSA) is 97.2 Å². The summed E-state index contributed by atoms with van der Waals surface area (Å²) in [4.78, 5) is 29.2. The first-order chi connectivity index (χ1) is 12.9. The van der Waals surface area contributed by atoms with Crippen LogP contribution < -0.4 is 10.1 Å². The fourth-order valence-electron chi connectivity index (χ4n) is 2.72. The number of rotatable bonds is 6. The van der Waals surface area contributed by atoms with Gasteiger partial charge in [-0.25, -0.2) is 9.18 Å². The fraction of sp³-hybridized carbons (Fsp3) is 0.211. The fourth-order valence-corrected chi connectivity index (χ4v) is 2.72. The summed E-state index contributed by atoms with van der Waals surface area (Å²) in [5.41, 5.74) is -0.811. The lowest BCUT2D eigenvalue weighted by Crippen LogP contribution is -2.42. The van der Waals surface area contributed by atoms with Crippen molar-refractivity contribution < 1.29 is 28.7 Å². The molecule has 140 valence electrons. The van der Waals surface area contributed by atoms with Crippen LogP contribution in [0.5, 0.6) is 5.75 Å². The number of aliphatic carboxylic acids is 1. The summed E-state index contributed by atoms with van der Waals surface area (Å²) in [6.45, 7) is 0. The van der Waals surface area contributed by atoms with Gasteiger partial charge in [-0.2, -0.15) is 0 Å². The van der Waals surface area contributed by atoms with Crippen molar-refractivity contribution in [2.24, 2.45) is 5.16 Å². The smallest absolute Gasteiger partial charge is 0.351 e. The van der Waals surface area contributed by atoms with Crippen LogP contribution in [0.2, 0.25) is 0 Å². The van der Waals surface area contributed by atoms with Crippen LogP contribution in [0.4, 0.5) is 10.1 Å². The van der Waals surface area contributed by atoms with E-state index in [9.17, 15) is 19.1 Å². The largest absolute Gasteiger partial charge is 0.497 e. The van der Waals surface area contributed by atoms with Crippen molar-refractivity contribution in [1.29, 1.82) is 0 Å². The van der Waals surface area contributed by atoms with E-state index in [4.69, 9.17) is 9.57 Å². The molecule has 0 aliphatic carbocycles. The summed E-state index contributed by atoms with van der Waals surface area (Å²) >= 11 is 0. The predicted octanol–water partition coefficient (Wildman–Crippen LogP) is 2.81. The Kier molecular flexibility index (Phi) is 5.07. The Balaban J connectivity index is 1.73. The number of anilines is 1. The normalized spacial score (nSPS) is 18.4. The number of nitrogens with zero attached hydrogens (tertiary/aromatic N) is 1. The summed E-state index contributed by atoms with van der Waals surface area (Å²) in [5.74, 6) is -1.98. The number of carboxylic acids is 1. The quantitative estimate of drug-likeness (QED) is 0.813. The van der Waals surface area contributed by atoms with E-state index in [-0.39, 0.29) is 12.1 Å². The number of carboxylic acid groups (broad SMARTS) is 1. The average Bonchev–Trinajstić information content (AvgIpc) is 3.09. The van der Waals surface area contributed by atoms with Gasteiger partial charge in [0.1, 0.15) is 11.6 Å². The molecule has 0 aromatic heterocycles. The van der Waals surface area contributed by atoms with Crippen LogP contribution in [0.25, 0.3) is 0 Å². The Hall–Kier alpha value is -3.42. The Morgan fingerprint density at radius 1 is 1.26 bits per heavy atom. The molecule has 0 bridgehead atoms. The van der Waals surface area contributed by atoms with Crippen molar-refractivity contribution in [2.75, 3.05) is 12.4 Å². The van der Waals surface area contributed by atoms with Crippen LogP contribution in [-0.4, -0.2) is 35.4 Å². The van der Waals surface area contributed by atoms with Gasteiger partial charge in [-0.15, -0.1) is 0 Å². The van der Waals surface area contributed by atoms with E-state index < -0.39 is 29.7 Å². The molecule has 1 heterocycles. The number of methoxy groups -OCH3 is 1. The average molecular weight is 372 g/mol. The second-order valence-corrected chi connectivity index (χ2v) is 6.04. The number of hydrogen-bond donors (Lipinski definition) is 2. The highest BCUT2D eigenvalue weighted by molar-refractivity contribution is 6.06. The number of carbonyl (C=O) groups is 2. The Labute approximate surface area is 154 Å². The molecule has 8 heteroatoms. The third-order valence-corrected chi connectivity index (χ3v) is 4.19. The molecule has 1 atom stereocenters. The molecule has 27 heavy (non-hydrogen) atoms. The number of para-hydroxylation sites is 1. The molecule has 1 aliphatic heterocycles. The third kappa shape index (κ3) is 3.89. The first-order valence-corrected chi connectivity index (χ1v) is 8.11. The highest BCUT2D eigenvalue weighted by Gasteiger charge is 2.49. The molecule has 1 amide bonds. The van der Waals surface area contributed by atoms with Crippen LogP contribution in [-0.2, 0) is 14.4 Å². The maximum absolute atomic E-state index is 13.7. The number of oxime groups is 1. The van der Waals surface area contributed by atoms with Gasteiger partial charge in [0.2, 0.25) is 11.5 Å². The lowest BCUT2D eigenvalue weighted by atomic mass is 9.90. The molecule has 2 N–H and O–H groups in total. The predicted molar refractivity (Wildman–Crippen MR) is 95.2 cm³/mol. The van der Waals surface area contributed by atoms with E-state index >= 15 is 0 Å². The molecule has 0 radical (unpaired) electrons. The van der Waals surface area contributed by atoms with Crippen LogP contribution in [0.3, 0.4) is 0 Å². The first kappa shape index (κ1) is 18.4. The van der Waals surface area contributed by atoms with Gasteiger partial charge in [0.25, 0.3) is 0 Å². The number of nitrogens with one attached hydrogen (secondary N) is 1. The molecule has 0 unspecified atom stereocenters. The Bertz CT molecular complexity index is 897. The Morgan fingerprint density at radius 3 is 2.59 bits per heavy atom. The van der Waals surface area contributed by atoms with E-state index in [0.29, 0.717) is 17.0 Å². The second-order valence-electron chi connectivity index (χ2n) is 6.04. The summed E-state index contributed by atoms with van der Waals surface area (Å²) in [7, 11) is 1.54. The zero-order valence-corrected chi connectivity index (χ0v) is 14.4. The van der Waals surface area contributed by atoms with E-state index in [1.807, 2.05) is 0 Å². The minimum Gasteiger partial charge on any atom is -0.497 e. The minimum absolute atomic E-state index is 0.0302. The summed E-state index contributed by atoms with van der Waals surface area (Å²) in [6.07, 6.45) is -0.612. The molecule has 0 spiro atoms. The highest BCUT2D eigenvalue weighted by atomic mass is 19.1. The lowest BCUT2D eigenvalue weighted by molar-refractivity contribution is -0.165. The summed E-state index contributed by atoms with van der Waals surface area (Å²) in [5, 5.41) is 15.8. The van der Waals surface area contributed by atoms with E-state index in [1.165, 1.54) is 25.3 Å². The van der Waals surface area contributed by atoms with Gasteiger partial charge in [0, 0.05) is 6.42 Å². The summed E-state index contributed by atoms with van der Waals surface area (Å²) in [6, 6.07) is 12.5. The summed E-state index contributed by atoms with van der Waals surface area (Å²) < 4.78 is 18.7. The van der Waals surface area contributed by atoms with Gasteiger partial charge >= 0.3 is 5.97 Å². The van der Waals surface area contributed by atoms with Gasteiger partial charge in [-0.05, 0) is 42.0 Å². The molecule has 3 rings (SSSR count). The minimum atomic E-state index is -1.84. The number of carbonyl (C=O) groups excluding carboxylic acids is 1. The zero-order chi connectivity index (χ0) is 19.4. The van der Waals surface area contributed by atoms with E-state index in [0.717, 1.165) is 0 Å². The monoisotopic (exact) mass is 372 g/mol. The molecule has 0 saturated heterocycles. The molecule has 2 aromatic carbocycles. The molecule has 0 saturated carbocycles. The van der Waals surface area contributed by atoms with Crippen molar-refractivity contribution in [2.45, 2.75) is 18.4 Å². The standard InChI is InChI=1S/C19H17FN2O5/c1-26-13-8-6-12(7-9-13)16-10-19(18(24)25,27-22-16)11-17(23)21-15-5-3-2-4-14(15)20/h2-9H,10-11H2,1H3,(H,21,23)(H,24,25)/t19-/m1/s1. The van der Waals surface area contributed by atoms with Crippen LogP contribution in [0.1, 0.15) is 18.4 Å². The van der Waals surface area contributed by atoms with Gasteiger partial charge in [0.15, 0.2) is 0 Å². The maximum Gasteiger partial charge on any atom is 0.351 e. The maximum atomic E-state index is 13.7. The Morgan fingerprint density at radius 2 is 1.96 bits per heavy atom. The van der Waals surface area contributed by atoms with Gasteiger partial charge in [0.05, 0.1) is 24.9 Å². The van der Waals surface area contributed by atoms with Crippen molar-refractivity contribution in [1.82, 2.24) is 0 Å². The number of amides is 1. The number of ether oxygens (including phenoxy) is 1. The van der Waals surface area contributed by atoms with Crippen molar-refractivity contribution in [3.8, 4) is 5.75 Å². The number of hydrogen-bond acceptors (Lipinski definition) is 5. The van der Waals surface area contributed by atoms with Crippen LogP contribution in [0, 0.1) is 5.82 Å². The van der Waals surface area contributed by atoms with Crippen molar-refractivity contribution in [3.63, 3.8) is 0 Å². The van der Waals surface area contributed by atoms with Crippen molar-refractivity contribution >= 4 is 23.3 Å². The second kappa shape index (κ2) is 7.45. The van der Waals surface area contributed by atoms with Crippen molar-refractivity contribution in [3.05, 3.63) is 59.9 Å². The van der Waals surface area contributed by atoms with Gasteiger partial charge in [-0.3, -0.25) is 4.79 Å². The molecule has 7 nitrogen and oxygen atoms in total. The highest BCUT2D eigenvalue weighted by Crippen LogP contribution is 2.31. The van der Waals surface area contributed by atoms with E-state index in [2.05, 4.69) is 10.5 Å². The number of halogens is 1. The molecular formula is C19H17FN2O5. The van der Waals surface area contributed by atoms with Gasteiger partial charge < -0.3 is 20.0 Å². The molecular weight excluding hydrogens is 355 g/mol.